The highest BCUT2D eigenvalue weighted by Crippen LogP contribution is 2.06. The van der Waals surface area contributed by atoms with E-state index >= 15 is 0 Å². The summed E-state index contributed by atoms with van der Waals surface area (Å²) in [5.74, 6) is 0.847. The van der Waals surface area contributed by atoms with Gasteiger partial charge in [0.05, 0.1) is 12.5 Å². The van der Waals surface area contributed by atoms with Crippen molar-refractivity contribution < 1.29 is 14.7 Å². The summed E-state index contributed by atoms with van der Waals surface area (Å²) in [4.78, 5) is 21.1. The van der Waals surface area contributed by atoms with Crippen molar-refractivity contribution in [2.45, 2.75) is 19.8 Å². The largest absolute Gasteiger partial charge is 0.481 e. The molecule has 0 aliphatic carbocycles. The second-order valence-electron chi connectivity index (χ2n) is 2.70. The number of nitrogens with one attached hydrogen (secondary N) is 1. The minimum atomic E-state index is -0.869. The average molecular weight is 198 g/mol. The van der Waals surface area contributed by atoms with Gasteiger partial charge in [-0.3, -0.25) is 14.9 Å². The molecule has 1 atom stereocenters. The second kappa shape index (κ2) is 6.92. The van der Waals surface area contributed by atoms with Crippen LogP contribution in [0.15, 0.2) is 0 Å². The molecule has 0 aliphatic heterocycles. The van der Waals surface area contributed by atoms with E-state index in [1.807, 2.05) is 0 Å². The Labute approximate surface area is 82.7 Å². The Morgan fingerprint density at radius 1 is 1.57 bits per heavy atom. The monoisotopic (exact) mass is 198 g/mol. The number of amides is 1. The zero-order chi connectivity index (χ0) is 11.0. The zero-order valence-electron chi connectivity index (χ0n) is 8.04. The third-order valence-corrected chi connectivity index (χ3v) is 1.67. The fourth-order valence-electron chi connectivity index (χ4n) is 0.745. The van der Waals surface area contributed by atoms with Gasteiger partial charge in [0.2, 0.25) is 5.91 Å². The number of nitrogens with two attached hydrogens (primary N) is 1. The summed E-state index contributed by atoms with van der Waals surface area (Å²) in [6.45, 7) is 1.66. The summed E-state index contributed by atoms with van der Waals surface area (Å²) in [6.07, 6.45) is 0.755. The van der Waals surface area contributed by atoms with Gasteiger partial charge in [0.25, 0.3) is 0 Å². The summed E-state index contributed by atoms with van der Waals surface area (Å²) in [5, 5.41) is 10.9. The van der Waals surface area contributed by atoms with Gasteiger partial charge < -0.3 is 10.8 Å². The molecule has 5 nitrogen and oxygen atoms in total. The first kappa shape index (κ1) is 12.5. The lowest BCUT2D eigenvalue weighted by atomic mass is 10.0. The quantitative estimate of drug-likeness (QED) is 0.420. The Morgan fingerprint density at radius 3 is 2.64 bits per heavy atom. The lowest BCUT2D eigenvalue weighted by molar-refractivity contribution is -0.141. The number of hydrogen-bond acceptors (Lipinski definition) is 3. The van der Waals surface area contributed by atoms with Crippen LogP contribution in [0, 0.1) is 17.9 Å². The molecule has 5 heteroatoms. The fourth-order valence-corrected chi connectivity index (χ4v) is 0.745. The highest BCUT2D eigenvalue weighted by Gasteiger charge is 2.12. The average Bonchev–Trinajstić information content (AvgIpc) is 2.16. The maximum atomic E-state index is 10.6. The Balaban J connectivity index is 3.89. The molecule has 1 unspecified atom stereocenters. The van der Waals surface area contributed by atoms with E-state index in [0.717, 1.165) is 0 Å². The molecule has 0 fully saturated rings. The lowest BCUT2D eigenvalue weighted by Crippen LogP contribution is -2.26. The van der Waals surface area contributed by atoms with E-state index in [4.69, 9.17) is 10.8 Å². The van der Waals surface area contributed by atoms with Crippen molar-refractivity contribution >= 4 is 11.9 Å². The van der Waals surface area contributed by atoms with Gasteiger partial charge in [0.15, 0.2) is 0 Å². The number of rotatable bonds is 4. The van der Waals surface area contributed by atoms with Gasteiger partial charge in [-0.2, -0.15) is 0 Å². The molecule has 0 saturated heterocycles. The van der Waals surface area contributed by atoms with Crippen molar-refractivity contribution in [3.05, 3.63) is 0 Å². The van der Waals surface area contributed by atoms with Crippen LogP contribution in [0.4, 0.5) is 0 Å². The van der Waals surface area contributed by atoms with Gasteiger partial charge in [-0.25, -0.2) is 0 Å². The molecule has 0 aliphatic rings. The fraction of sp³-hybridized carbons (Fsp3) is 0.556. The number of carbonyl (C=O) groups is 2. The van der Waals surface area contributed by atoms with Crippen molar-refractivity contribution in [2.75, 3.05) is 6.54 Å². The van der Waals surface area contributed by atoms with Gasteiger partial charge >= 0.3 is 5.97 Å². The van der Waals surface area contributed by atoms with Crippen LogP contribution >= 0.6 is 0 Å². The Morgan fingerprint density at radius 2 is 2.21 bits per heavy atom. The molecule has 1 amide bonds. The molecular weight excluding hydrogens is 184 g/mol. The SMILES string of the molecule is CCC(CC#CNC(=O)CN)C(=O)O. The van der Waals surface area contributed by atoms with Crippen LogP contribution in [0.25, 0.3) is 0 Å². The zero-order valence-corrected chi connectivity index (χ0v) is 8.04. The first-order valence-corrected chi connectivity index (χ1v) is 4.31. The second-order valence-corrected chi connectivity index (χ2v) is 2.70. The molecule has 0 heterocycles. The van der Waals surface area contributed by atoms with Crippen molar-refractivity contribution in [1.82, 2.24) is 5.32 Å². The lowest BCUT2D eigenvalue weighted by Gasteiger charge is -2.02. The van der Waals surface area contributed by atoms with Crippen molar-refractivity contribution in [3.8, 4) is 12.0 Å². The molecule has 78 valence electrons. The number of aliphatic carboxylic acids is 1. The van der Waals surface area contributed by atoms with Crippen LogP contribution in [-0.4, -0.2) is 23.5 Å². The predicted molar refractivity (Wildman–Crippen MR) is 51.0 cm³/mol. The van der Waals surface area contributed by atoms with E-state index in [-0.39, 0.29) is 18.9 Å². The van der Waals surface area contributed by atoms with Crippen molar-refractivity contribution in [1.29, 1.82) is 0 Å². The van der Waals surface area contributed by atoms with Crippen LogP contribution in [-0.2, 0) is 9.59 Å². The van der Waals surface area contributed by atoms with Crippen LogP contribution < -0.4 is 11.1 Å². The Hall–Kier alpha value is -1.54. The molecule has 0 aromatic heterocycles. The van der Waals surface area contributed by atoms with Crippen LogP contribution in [0.1, 0.15) is 19.8 Å². The van der Waals surface area contributed by atoms with Gasteiger partial charge in [-0.15, -0.1) is 0 Å². The van der Waals surface area contributed by atoms with Gasteiger partial charge in [-0.05, 0) is 6.42 Å². The topological polar surface area (TPSA) is 92.4 Å². The summed E-state index contributed by atoms with van der Waals surface area (Å²) >= 11 is 0. The maximum Gasteiger partial charge on any atom is 0.307 e. The standard InChI is InChI=1S/C9H14N2O3/c1-2-7(9(13)14)4-3-5-11-8(12)6-10/h7H,2,4,6,10H2,1H3,(H,11,12)(H,13,14). The van der Waals surface area contributed by atoms with E-state index in [1.165, 1.54) is 0 Å². The molecule has 0 aromatic rings. The maximum absolute atomic E-state index is 10.6. The van der Waals surface area contributed by atoms with Crippen LogP contribution in [0.3, 0.4) is 0 Å². The van der Waals surface area contributed by atoms with E-state index < -0.39 is 11.9 Å². The molecule has 0 radical (unpaired) electrons. The highest BCUT2D eigenvalue weighted by molar-refractivity contribution is 5.79. The number of carbonyl (C=O) groups excluding carboxylic acids is 1. The molecule has 0 saturated carbocycles. The summed E-state index contributed by atoms with van der Waals surface area (Å²) < 4.78 is 0. The van der Waals surface area contributed by atoms with E-state index in [0.29, 0.717) is 6.42 Å². The van der Waals surface area contributed by atoms with Crippen molar-refractivity contribution in [3.63, 3.8) is 0 Å². The van der Waals surface area contributed by atoms with E-state index in [2.05, 4.69) is 17.3 Å². The summed E-state index contributed by atoms with van der Waals surface area (Å²) in [7, 11) is 0. The molecule has 0 aromatic carbocycles. The van der Waals surface area contributed by atoms with Gasteiger partial charge in [0, 0.05) is 12.5 Å². The third kappa shape index (κ3) is 5.17. The Bertz CT molecular complexity index is 265. The molecule has 14 heavy (non-hydrogen) atoms. The smallest absolute Gasteiger partial charge is 0.307 e. The van der Waals surface area contributed by atoms with Gasteiger partial charge in [0.1, 0.15) is 0 Å². The number of carboxylic acid groups (broad SMARTS) is 1. The molecule has 0 spiro atoms. The van der Waals surface area contributed by atoms with Crippen LogP contribution in [0.2, 0.25) is 0 Å². The molecule has 4 N–H and O–H groups in total. The molecular formula is C9H14N2O3. The molecule has 0 bridgehead atoms. The third-order valence-electron chi connectivity index (χ3n) is 1.67. The number of hydrogen-bond donors (Lipinski definition) is 3. The number of carboxylic acids is 1. The molecule has 0 rings (SSSR count). The van der Waals surface area contributed by atoms with E-state index in [1.54, 1.807) is 6.92 Å². The Kier molecular flexibility index (Phi) is 6.16. The summed E-state index contributed by atoms with van der Waals surface area (Å²) in [5.41, 5.74) is 5.01. The van der Waals surface area contributed by atoms with Gasteiger partial charge in [-0.1, -0.05) is 12.8 Å². The highest BCUT2D eigenvalue weighted by atomic mass is 16.4. The normalized spacial score (nSPS) is 11.0. The predicted octanol–water partition coefficient (Wildman–Crippen LogP) is -0.477. The minimum Gasteiger partial charge on any atom is -0.481 e. The van der Waals surface area contributed by atoms with Crippen molar-refractivity contribution in [2.24, 2.45) is 11.7 Å². The van der Waals surface area contributed by atoms with Crippen LogP contribution in [0.5, 0.6) is 0 Å². The summed E-state index contributed by atoms with van der Waals surface area (Å²) in [6, 6.07) is 2.36. The first-order chi connectivity index (χ1) is 6.61. The van der Waals surface area contributed by atoms with E-state index in [9.17, 15) is 9.59 Å². The minimum absolute atomic E-state index is 0.120. The first-order valence-electron chi connectivity index (χ1n) is 4.31.